The molecular weight excluding hydrogens is 292 g/mol. The standard InChI is InChI=1S/C22H28N2/c1-7-17-9-10-20-22(18(17)8-2)23-21(24(20)6)13-19-15(4)11-14(3)12-16(19)5/h9-12H,7-8,13H2,1-6H3. The van der Waals surface area contributed by atoms with Gasteiger partial charge in [-0.2, -0.15) is 0 Å². The van der Waals surface area contributed by atoms with Gasteiger partial charge >= 0.3 is 0 Å². The van der Waals surface area contributed by atoms with Crippen molar-refractivity contribution in [1.29, 1.82) is 0 Å². The summed E-state index contributed by atoms with van der Waals surface area (Å²) in [4.78, 5) is 5.05. The summed E-state index contributed by atoms with van der Waals surface area (Å²) in [5.74, 6) is 1.16. The third-order valence-corrected chi connectivity index (χ3v) is 5.26. The van der Waals surface area contributed by atoms with E-state index in [1.165, 1.54) is 44.4 Å². The van der Waals surface area contributed by atoms with Crippen LogP contribution in [0.5, 0.6) is 0 Å². The molecule has 0 aliphatic rings. The van der Waals surface area contributed by atoms with Crippen molar-refractivity contribution in [3.63, 3.8) is 0 Å². The van der Waals surface area contributed by atoms with Crippen molar-refractivity contribution < 1.29 is 0 Å². The van der Waals surface area contributed by atoms with Gasteiger partial charge in [-0.3, -0.25) is 0 Å². The highest BCUT2D eigenvalue weighted by atomic mass is 15.1. The Morgan fingerprint density at radius 1 is 0.917 bits per heavy atom. The van der Waals surface area contributed by atoms with Crippen molar-refractivity contribution in [3.05, 3.63) is 63.5 Å². The van der Waals surface area contributed by atoms with E-state index >= 15 is 0 Å². The van der Waals surface area contributed by atoms with Crippen LogP contribution in [0.4, 0.5) is 0 Å². The Balaban J connectivity index is 2.13. The molecule has 3 aromatic rings. The lowest BCUT2D eigenvalue weighted by Crippen LogP contribution is -2.03. The Labute approximate surface area is 145 Å². The summed E-state index contributed by atoms with van der Waals surface area (Å²) in [7, 11) is 2.15. The monoisotopic (exact) mass is 320 g/mol. The van der Waals surface area contributed by atoms with Crippen LogP contribution in [0.15, 0.2) is 24.3 Å². The summed E-state index contributed by atoms with van der Waals surface area (Å²) in [6.07, 6.45) is 3.01. The molecule has 0 aliphatic carbocycles. The molecule has 0 fully saturated rings. The summed E-state index contributed by atoms with van der Waals surface area (Å²) in [5.41, 5.74) is 10.8. The second-order valence-electron chi connectivity index (χ2n) is 6.92. The smallest absolute Gasteiger partial charge is 0.114 e. The number of fused-ring (bicyclic) bond motifs is 1. The van der Waals surface area contributed by atoms with E-state index in [-0.39, 0.29) is 0 Å². The van der Waals surface area contributed by atoms with Gasteiger partial charge in [-0.05, 0) is 67.5 Å². The first kappa shape index (κ1) is 16.8. The van der Waals surface area contributed by atoms with Crippen molar-refractivity contribution in [2.45, 2.75) is 53.9 Å². The highest BCUT2D eigenvalue weighted by molar-refractivity contribution is 5.81. The van der Waals surface area contributed by atoms with Gasteiger partial charge in [-0.15, -0.1) is 0 Å². The summed E-state index contributed by atoms with van der Waals surface area (Å²) in [6, 6.07) is 9.06. The fourth-order valence-electron chi connectivity index (χ4n) is 3.93. The molecule has 1 aromatic heterocycles. The lowest BCUT2D eigenvalue weighted by Gasteiger charge is -2.11. The maximum Gasteiger partial charge on any atom is 0.114 e. The normalized spacial score (nSPS) is 11.4. The van der Waals surface area contributed by atoms with Gasteiger partial charge in [0.25, 0.3) is 0 Å². The van der Waals surface area contributed by atoms with E-state index in [0.717, 1.165) is 25.1 Å². The zero-order chi connectivity index (χ0) is 17.4. The van der Waals surface area contributed by atoms with Crippen molar-refractivity contribution in [2.75, 3.05) is 0 Å². The molecule has 0 N–H and O–H groups in total. The molecule has 3 rings (SSSR count). The molecule has 0 saturated carbocycles. The van der Waals surface area contributed by atoms with Gasteiger partial charge in [-0.25, -0.2) is 4.98 Å². The summed E-state index contributed by atoms with van der Waals surface area (Å²) in [5, 5.41) is 0. The highest BCUT2D eigenvalue weighted by Crippen LogP contribution is 2.26. The molecule has 0 amide bonds. The molecule has 2 heteroatoms. The Hall–Kier alpha value is -2.09. The van der Waals surface area contributed by atoms with Crippen LogP contribution in [-0.2, 0) is 26.3 Å². The predicted molar refractivity (Wildman–Crippen MR) is 103 cm³/mol. The van der Waals surface area contributed by atoms with E-state index < -0.39 is 0 Å². The van der Waals surface area contributed by atoms with E-state index in [4.69, 9.17) is 4.98 Å². The van der Waals surface area contributed by atoms with Gasteiger partial charge in [0.05, 0.1) is 11.0 Å². The fourth-order valence-corrected chi connectivity index (χ4v) is 3.93. The van der Waals surface area contributed by atoms with Crippen molar-refractivity contribution in [1.82, 2.24) is 9.55 Å². The number of benzene rings is 2. The minimum Gasteiger partial charge on any atom is -0.331 e. The number of hydrogen-bond donors (Lipinski definition) is 0. The first-order valence-electron chi connectivity index (χ1n) is 8.99. The van der Waals surface area contributed by atoms with Crippen LogP contribution in [0.2, 0.25) is 0 Å². The Morgan fingerprint density at radius 3 is 2.17 bits per heavy atom. The topological polar surface area (TPSA) is 17.8 Å². The van der Waals surface area contributed by atoms with Crippen molar-refractivity contribution >= 4 is 11.0 Å². The lowest BCUT2D eigenvalue weighted by molar-refractivity contribution is 0.839. The summed E-state index contributed by atoms with van der Waals surface area (Å²) < 4.78 is 2.27. The Kier molecular flexibility index (Phi) is 4.49. The van der Waals surface area contributed by atoms with E-state index in [1.54, 1.807) is 0 Å². The van der Waals surface area contributed by atoms with Gasteiger partial charge in [-0.1, -0.05) is 37.6 Å². The number of aryl methyl sites for hydroxylation is 6. The van der Waals surface area contributed by atoms with Gasteiger partial charge in [0.2, 0.25) is 0 Å². The number of nitrogens with zero attached hydrogens (tertiary/aromatic N) is 2. The molecule has 2 nitrogen and oxygen atoms in total. The second kappa shape index (κ2) is 6.43. The largest absolute Gasteiger partial charge is 0.331 e. The lowest BCUT2D eigenvalue weighted by atomic mass is 9.97. The third-order valence-electron chi connectivity index (χ3n) is 5.26. The quantitative estimate of drug-likeness (QED) is 0.645. The average Bonchev–Trinajstić information content (AvgIpc) is 2.86. The number of rotatable bonds is 4. The van der Waals surface area contributed by atoms with Gasteiger partial charge < -0.3 is 4.57 Å². The molecule has 24 heavy (non-hydrogen) atoms. The van der Waals surface area contributed by atoms with E-state index in [9.17, 15) is 0 Å². The zero-order valence-electron chi connectivity index (χ0n) is 15.8. The minimum absolute atomic E-state index is 0.897. The van der Waals surface area contributed by atoms with Gasteiger partial charge in [0, 0.05) is 13.5 Å². The van der Waals surface area contributed by atoms with E-state index in [2.05, 4.69) is 70.5 Å². The minimum atomic E-state index is 0.897. The van der Waals surface area contributed by atoms with E-state index in [0.29, 0.717) is 0 Å². The van der Waals surface area contributed by atoms with Gasteiger partial charge in [0.15, 0.2) is 0 Å². The van der Waals surface area contributed by atoms with Crippen molar-refractivity contribution in [2.24, 2.45) is 7.05 Å². The zero-order valence-corrected chi connectivity index (χ0v) is 15.8. The van der Waals surface area contributed by atoms with Crippen LogP contribution >= 0.6 is 0 Å². The first-order valence-corrected chi connectivity index (χ1v) is 8.99. The summed E-state index contributed by atoms with van der Waals surface area (Å²) in [6.45, 7) is 11.0. The molecule has 1 heterocycles. The van der Waals surface area contributed by atoms with Crippen LogP contribution in [0.3, 0.4) is 0 Å². The van der Waals surface area contributed by atoms with Crippen LogP contribution in [0.25, 0.3) is 11.0 Å². The third kappa shape index (κ3) is 2.75. The Bertz CT molecular complexity index is 877. The molecular formula is C22H28N2. The van der Waals surface area contributed by atoms with Crippen LogP contribution < -0.4 is 0 Å². The molecule has 0 saturated heterocycles. The van der Waals surface area contributed by atoms with Gasteiger partial charge in [0.1, 0.15) is 5.82 Å². The first-order chi connectivity index (χ1) is 11.5. The summed E-state index contributed by atoms with van der Waals surface area (Å²) >= 11 is 0. The molecule has 0 radical (unpaired) electrons. The molecule has 126 valence electrons. The molecule has 0 atom stereocenters. The number of aromatic nitrogens is 2. The van der Waals surface area contributed by atoms with Crippen LogP contribution in [0.1, 0.15) is 53.1 Å². The number of hydrogen-bond acceptors (Lipinski definition) is 1. The maximum atomic E-state index is 5.05. The molecule has 0 unspecified atom stereocenters. The molecule has 0 bridgehead atoms. The van der Waals surface area contributed by atoms with E-state index in [1.807, 2.05) is 0 Å². The SMILES string of the molecule is CCc1ccc2c(nc(Cc3c(C)cc(C)cc3C)n2C)c1CC. The maximum absolute atomic E-state index is 5.05. The second-order valence-corrected chi connectivity index (χ2v) is 6.92. The Morgan fingerprint density at radius 2 is 1.58 bits per heavy atom. The molecule has 2 aromatic carbocycles. The highest BCUT2D eigenvalue weighted by Gasteiger charge is 2.15. The predicted octanol–water partition coefficient (Wildman–Crippen LogP) is 5.21. The number of imidazole rings is 1. The van der Waals surface area contributed by atoms with Crippen LogP contribution in [-0.4, -0.2) is 9.55 Å². The average molecular weight is 320 g/mol. The molecule has 0 spiro atoms. The van der Waals surface area contributed by atoms with Crippen LogP contribution in [0, 0.1) is 20.8 Å². The van der Waals surface area contributed by atoms with Crippen molar-refractivity contribution in [3.8, 4) is 0 Å². The fraction of sp³-hybridized carbons (Fsp3) is 0.409. The molecule has 0 aliphatic heterocycles.